The maximum atomic E-state index is 13.1. The van der Waals surface area contributed by atoms with Crippen molar-refractivity contribution in [3.05, 3.63) is 0 Å². The summed E-state index contributed by atoms with van der Waals surface area (Å²) in [5.74, 6) is -0.908. The maximum Gasteiger partial charge on any atom is 0.433 e. The van der Waals surface area contributed by atoms with E-state index in [1.54, 1.807) is 0 Å². The molecule has 1 heterocycles. The lowest BCUT2D eigenvalue weighted by Gasteiger charge is -2.32. The van der Waals surface area contributed by atoms with Crippen molar-refractivity contribution in [2.75, 3.05) is 13.2 Å². The molecule has 6 nitrogen and oxygen atoms in total. The van der Waals surface area contributed by atoms with E-state index >= 15 is 0 Å². The molecule has 0 aromatic rings. The van der Waals surface area contributed by atoms with Crippen LogP contribution in [0.1, 0.15) is 32.1 Å². The van der Waals surface area contributed by atoms with Crippen LogP contribution in [0.3, 0.4) is 0 Å². The molecule has 2 fully saturated rings. The van der Waals surface area contributed by atoms with E-state index in [1.807, 2.05) is 0 Å². The van der Waals surface area contributed by atoms with Crippen molar-refractivity contribution in [3.63, 3.8) is 0 Å². The van der Waals surface area contributed by atoms with Gasteiger partial charge in [0, 0.05) is 12.8 Å². The molecule has 1 unspecified atom stereocenters. The first-order valence-corrected chi connectivity index (χ1v) is 8.07. The highest BCUT2D eigenvalue weighted by Crippen LogP contribution is 2.41. The van der Waals surface area contributed by atoms with Crippen LogP contribution in [-0.2, 0) is 24.3 Å². The summed E-state index contributed by atoms with van der Waals surface area (Å²) in [6, 6.07) is 0. The third-order valence-corrected chi connectivity index (χ3v) is 4.50. The Balaban J connectivity index is 1.93. The lowest BCUT2D eigenvalue weighted by atomic mass is 9.94. The van der Waals surface area contributed by atoms with E-state index in [9.17, 15) is 30.5 Å². The SMILES string of the molecule is O=S(=O)([O-])C(F)(F)C(F)(F)OCC1COC2(CCCCC2)O1. The van der Waals surface area contributed by atoms with Crippen molar-refractivity contribution in [3.8, 4) is 0 Å². The molecule has 1 spiro atoms. The van der Waals surface area contributed by atoms with Crippen LogP contribution in [-0.4, -0.2) is 49.4 Å². The summed E-state index contributed by atoms with van der Waals surface area (Å²) in [7, 11) is -6.56. The fourth-order valence-corrected chi connectivity index (χ4v) is 2.83. The minimum atomic E-state index is -6.56. The summed E-state index contributed by atoms with van der Waals surface area (Å²) in [5.41, 5.74) is 0. The molecule has 2 rings (SSSR count). The highest BCUT2D eigenvalue weighted by molar-refractivity contribution is 7.86. The molecular weight excluding hydrogens is 336 g/mol. The molecule has 0 N–H and O–H groups in total. The maximum absolute atomic E-state index is 13.1. The number of hydrogen-bond acceptors (Lipinski definition) is 6. The third-order valence-electron chi connectivity index (χ3n) is 3.63. The molecule has 1 saturated carbocycles. The average Bonchev–Trinajstić information content (AvgIpc) is 2.79. The second-order valence-electron chi connectivity index (χ2n) is 5.32. The van der Waals surface area contributed by atoms with Crippen molar-refractivity contribution in [2.45, 2.75) is 55.4 Å². The van der Waals surface area contributed by atoms with Crippen LogP contribution in [0.2, 0.25) is 0 Å². The zero-order valence-electron chi connectivity index (χ0n) is 11.4. The molecule has 130 valence electrons. The van der Waals surface area contributed by atoms with Gasteiger partial charge in [0.1, 0.15) is 6.10 Å². The zero-order valence-corrected chi connectivity index (χ0v) is 12.2. The molecule has 22 heavy (non-hydrogen) atoms. The summed E-state index contributed by atoms with van der Waals surface area (Å²) >= 11 is 0. The van der Waals surface area contributed by atoms with Crippen molar-refractivity contribution < 1.29 is 44.7 Å². The van der Waals surface area contributed by atoms with Gasteiger partial charge in [0.2, 0.25) is 0 Å². The fourth-order valence-electron chi connectivity index (χ4n) is 2.48. The van der Waals surface area contributed by atoms with Gasteiger partial charge in [0.05, 0.1) is 13.2 Å². The van der Waals surface area contributed by atoms with Gasteiger partial charge in [-0.2, -0.15) is 17.6 Å². The first-order chi connectivity index (χ1) is 9.99. The first-order valence-electron chi connectivity index (χ1n) is 6.66. The average molecular weight is 351 g/mol. The second-order valence-corrected chi connectivity index (χ2v) is 6.74. The normalized spacial score (nSPS) is 26.5. The summed E-state index contributed by atoms with van der Waals surface area (Å²) in [5, 5.41) is -5.86. The molecule has 0 aromatic heterocycles. The summed E-state index contributed by atoms with van der Waals surface area (Å²) in [4.78, 5) is 0. The molecule has 2 aliphatic rings. The van der Waals surface area contributed by atoms with Crippen LogP contribution in [0, 0.1) is 0 Å². The zero-order chi connectivity index (χ0) is 16.6. The minimum Gasteiger partial charge on any atom is -0.743 e. The molecule has 11 heteroatoms. The van der Waals surface area contributed by atoms with Crippen LogP contribution < -0.4 is 0 Å². The quantitative estimate of drug-likeness (QED) is 0.555. The Kier molecular flexibility index (Phi) is 4.75. The fraction of sp³-hybridized carbons (Fsp3) is 1.00. The van der Waals surface area contributed by atoms with E-state index < -0.39 is 40.0 Å². The standard InChI is InChI=1S/C11H16F4O6S/c12-10(13,11(14,15)22(16,17)18)20-7-8-6-19-9(21-8)4-2-1-3-5-9/h8H,1-7H2,(H,16,17,18)/p-1. The predicted molar refractivity (Wildman–Crippen MR) is 62.2 cm³/mol. The molecule has 1 saturated heterocycles. The van der Waals surface area contributed by atoms with Gasteiger partial charge >= 0.3 is 11.4 Å². The number of alkyl halides is 4. The highest BCUT2D eigenvalue weighted by atomic mass is 32.2. The molecule has 0 amide bonds. The summed E-state index contributed by atoms with van der Waals surface area (Å²) < 4.78 is 97.2. The van der Waals surface area contributed by atoms with Crippen molar-refractivity contribution >= 4 is 10.1 Å². The second kappa shape index (κ2) is 5.86. The van der Waals surface area contributed by atoms with Gasteiger partial charge in [-0.1, -0.05) is 6.42 Å². The lowest BCUT2D eigenvalue weighted by Crippen LogP contribution is -2.49. The van der Waals surface area contributed by atoms with Gasteiger partial charge in [-0.3, -0.25) is 0 Å². The van der Waals surface area contributed by atoms with Crippen molar-refractivity contribution in [1.82, 2.24) is 0 Å². The smallest absolute Gasteiger partial charge is 0.433 e. The number of rotatable bonds is 5. The number of halogens is 4. The van der Waals surface area contributed by atoms with Crippen LogP contribution in [0.4, 0.5) is 17.6 Å². The van der Waals surface area contributed by atoms with Crippen LogP contribution >= 0.6 is 0 Å². The predicted octanol–water partition coefficient (Wildman–Crippen LogP) is 1.81. The molecule has 1 aliphatic heterocycles. The minimum absolute atomic E-state index is 0.133. The van der Waals surface area contributed by atoms with Gasteiger partial charge in [0.25, 0.3) is 0 Å². The molecular formula is C11H15F4O6S-. The van der Waals surface area contributed by atoms with Crippen molar-refractivity contribution in [1.29, 1.82) is 0 Å². The van der Waals surface area contributed by atoms with Crippen LogP contribution in [0.5, 0.6) is 0 Å². The van der Waals surface area contributed by atoms with Gasteiger partial charge in [-0.15, -0.1) is 0 Å². The molecule has 0 radical (unpaired) electrons. The first kappa shape index (κ1) is 17.9. The van der Waals surface area contributed by atoms with Gasteiger partial charge in [0.15, 0.2) is 15.9 Å². The van der Waals surface area contributed by atoms with Crippen LogP contribution in [0.15, 0.2) is 0 Å². The number of ether oxygens (including phenoxy) is 3. The molecule has 1 aliphatic carbocycles. The topological polar surface area (TPSA) is 84.9 Å². The Morgan fingerprint density at radius 1 is 1.18 bits per heavy atom. The third kappa shape index (κ3) is 3.37. The number of hydrogen-bond donors (Lipinski definition) is 0. The van der Waals surface area contributed by atoms with Gasteiger partial charge < -0.3 is 18.8 Å². The largest absolute Gasteiger partial charge is 0.743 e. The lowest BCUT2D eigenvalue weighted by molar-refractivity contribution is -0.325. The van der Waals surface area contributed by atoms with E-state index in [2.05, 4.69) is 4.74 Å². The molecule has 1 atom stereocenters. The van der Waals surface area contributed by atoms with Gasteiger partial charge in [-0.25, -0.2) is 8.42 Å². The Labute approximate surface area is 124 Å². The van der Waals surface area contributed by atoms with Gasteiger partial charge in [-0.05, 0) is 12.8 Å². The van der Waals surface area contributed by atoms with Crippen LogP contribution in [0.25, 0.3) is 0 Å². The van der Waals surface area contributed by atoms with E-state index in [-0.39, 0.29) is 6.61 Å². The van der Waals surface area contributed by atoms with E-state index in [1.165, 1.54) is 0 Å². The van der Waals surface area contributed by atoms with Crippen molar-refractivity contribution in [2.24, 2.45) is 0 Å². The van der Waals surface area contributed by atoms with E-state index in [0.29, 0.717) is 12.8 Å². The summed E-state index contributed by atoms with van der Waals surface area (Å²) in [6.07, 6.45) is -2.71. The molecule has 0 aromatic carbocycles. The Morgan fingerprint density at radius 2 is 1.77 bits per heavy atom. The Bertz CT molecular complexity index is 503. The molecule has 0 bridgehead atoms. The van der Waals surface area contributed by atoms with E-state index in [0.717, 1.165) is 19.3 Å². The Morgan fingerprint density at radius 3 is 2.32 bits per heavy atom. The van der Waals surface area contributed by atoms with E-state index in [4.69, 9.17) is 9.47 Å². The monoisotopic (exact) mass is 351 g/mol. The summed E-state index contributed by atoms with van der Waals surface area (Å²) in [6.45, 7) is -1.15. The highest BCUT2D eigenvalue weighted by Gasteiger charge is 2.64. The Hall–Kier alpha value is -0.490.